The third kappa shape index (κ3) is 3.20. The molecule has 1 aromatic carbocycles. The summed E-state index contributed by atoms with van der Waals surface area (Å²) < 4.78 is 0. The molecule has 0 fully saturated rings. The van der Waals surface area contributed by atoms with Crippen molar-refractivity contribution in [1.82, 2.24) is 4.98 Å². The minimum absolute atomic E-state index is 0.413. The molecule has 18 heavy (non-hydrogen) atoms. The van der Waals surface area contributed by atoms with Gasteiger partial charge in [-0.25, -0.2) is 4.98 Å². The first-order valence-electron chi connectivity index (χ1n) is 6.03. The van der Waals surface area contributed by atoms with Gasteiger partial charge in [-0.3, -0.25) is 0 Å². The van der Waals surface area contributed by atoms with Crippen molar-refractivity contribution in [2.24, 2.45) is 0 Å². The van der Waals surface area contributed by atoms with Gasteiger partial charge in [0.2, 0.25) is 0 Å². The van der Waals surface area contributed by atoms with Crippen molar-refractivity contribution in [3.8, 4) is 0 Å². The summed E-state index contributed by atoms with van der Waals surface area (Å²) in [5.41, 5.74) is 2.36. The van der Waals surface area contributed by atoms with Gasteiger partial charge >= 0.3 is 0 Å². The average Bonchev–Trinajstić information content (AvgIpc) is 2.86. The van der Waals surface area contributed by atoms with E-state index in [1.54, 1.807) is 11.3 Å². The van der Waals surface area contributed by atoms with E-state index in [9.17, 15) is 0 Å². The first kappa shape index (κ1) is 12.8. The van der Waals surface area contributed by atoms with Gasteiger partial charge in [-0.1, -0.05) is 43.3 Å². The smallest absolute Gasteiger partial charge is 0.185 e. The fraction of sp³-hybridized carbons (Fsp3) is 0.267. The summed E-state index contributed by atoms with van der Waals surface area (Å²) in [6.07, 6.45) is 4.30. The molecule has 0 amide bonds. The molecule has 2 rings (SSSR count). The summed E-state index contributed by atoms with van der Waals surface area (Å²) in [7, 11) is 4.03. The van der Waals surface area contributed by atoms with Crippen LogP contribution in [0, 0.1) is 0 Å². The summed E-state index contributed by atoms with van der Waals surface area (Å²) in [4.78, 5) is 6.56. The zero-order valence-electron chi connectivity index (χ0n) is 11.0. The van der Waals surface area contributed by atoms with E-state index < -0.39 is 0 Å². The van der Waals surface area contributed by atoms with Crippen LogP contribution in [-0.2, 0) is 0 Å². The van der Waals surface area contributed by atoms with Gasteiger partial charge in [0.05, 0.1) is 5.69 Å². The molecule has 0 aliphatic heterocycles. The molecule has 94 valence electrons. The highest BCUT2D eigenvalue weighted by Gasteiger charge is 2.02. The molecule has 0 bridgehead atoms. The number of hydrogen-bond acceptors (Lipinski definition) is 3. The van der Waals surface area contributed by atoms with Crippen molar-refractivity contribution >= 4 is 22.5 Å². The minimum atomic E-state index is 0.413. The molecule has 1 atom stereocenters. The molecule has 0 spiro atoms. The van der Waals surface area contributed by atoms with Crippen LogP contribution in [0.5, 0.6) is 0 Å². The van der Waals surface area contributed by atoms with Crippen LogP contribution in [0.3, 0.4) is 0 Å². The van der Waals surface area contributed by atoms with Crippen molar-refractivity contribution in [3.05, 3.63) is 53.0 Å². The summed E-state index contributed by atoms with van der Waals surface area (Å²) in [6, 6.07) is 10.5. The summed E-state index contributed by atoms with van der Waals surface area (Å²) >= 11 is 1.67. The lowest BCUT2D eigenvalue weighted by Crippen LogP contribution is -2.07. The van der Waals surface area contributed by atoms with Gasteiger partial charge in [-0.2, -0.15) is 0 Å². The summed E-state index contributed by atoms with van der Waals surface area (Å²) in [6.45, 7) is 2.20. The topological polar surface area (TPSA) is 16.1 Å². The highest BCUT2D eigenvalue weighted by atomic mass is 32.1. The Morgan fingerprint density at radius 1 is 1.22 bits per heavy atom. The van der Waals surface area contributed by atoms with Gasteiger partial charge in [0.25, 0.3) is 0 Å². The van der Waals surface area contributed by atoms with Crippen LogP contribution < -0.4 is 4.90 Å². The highest BCUT2D eigenvalue weighted by Crippen LogP contribution is 2.21. The molecule has 1 aromatic heterocycles. The van der Waals surface area contributed by atoms with Gasteiger partial charge in [0.1, 0.15) is 0 Å². The maximum absolute atomic E-state index is 4.53. The van der Waals surface area contributed by atoms with E-state index in [2.05, 4.69) is 53.7 Å². The zero-order chi connectivity index (χ0) is 13.0. The van der Waals surface area contributed by atoms with Gasteiger partial charge < -0.3 is 4.90 Å². The molecule has 0 N–H and O–H groups in total. The lowest BCUT2D eigenvalue weighted by Gasteiger charge is -2.06. The SMILES string of the molecule is CC(/C=C/c1csc(N(C)C)n1)c1ccccc1. The lowest BCUT2D eigenvalue weighted by molar-refractivity contribution is 0.972. The number of anilines is 1. The molecule has 2 nitrogen and oxygen atoms in total. The average molecular weight is 258 g/mol. The first-order valence-corrected chi connectivity index (χ1v) is 6.91. The van der Waals surface area contributed by atoms with E-state index >= 15 is 0 Å². The predicted octanol–water partition coefficient (Wildman–Crippen LogP) is 4.03. The van der Waals surface area contributed by atoms with Gasteiger partial charge in [-0.15, -0.1) is 11.3 Å². The Balaban J connectivity index is 2.06. The molecular formula is C15H18N2S. The third-order valence-electron chi connectivity index (χ3n) is 2.77. The van der Waals surface area contributed by atoms with Gasteiger partial charge in [0.15, 0.2) is 5.13 Å². The molecule has 0 aliphatic rings. The van der Waals surface area contributed by atoms with Crippen molar-refractivity contribution in [1.29, 1.82) is 0 Å². The first-order chi connectivity index (χ1) is 8.66. The van der Waals surface area contributed by atoms with Crippen LogP contribution in [0.1, 0.15) is 24.1 Å². The van der Waals surface area contributed by atoms with Crippen LogP contribution in [-0.4, -0.2) is 19.1 Å². The fourth-order valence-corrected chi connectivity index (χ4v) is 2.40. The second-order valence-electron chi connectivity index (χ2n) is 4.51. The Morgan fingerprint density at radius 3 is 2.56 bits per heavy atom. The lowest BCUT2D eigenvalue weighted by atomic mass is 10.0. The Hall–Kier alpha value is -1.61. The van der Waals surface area contributed by atoms with E-state index in [1.807, 2.05) is 25.1 Å². The molecule has 0 radical (unpaired) electrons. The van der Waals surface area contributed by atoms with Crippen molar-refractivity contribution < 1.29 is 0 Å². The van der Waals surface area contributed by atoms with Crippen LogP contribution >= 0.6 is 11.3 Å². The molecule has 0 saturated heterocycles. The maximum Gasteiger partial charge on any atom is 0.185 e. The van der Waals surface area contributed by atoms with Crippen molar-refractivity contribution in [3.63, 3.8) is 0 Å². The Kier molecular flexibility index (Phi) is 4.15. The highest BCUT2D eigenvalue weighted by molar-refractivity contribution is 7.13. The molecule has 1 heterocycles. The van der Waals surface area contributed by atoms with E-state index in [-0.39, 0.29) is 0 Å². The second-order valence-corrected chi connectivity index (χ2v) is 5.34. The Bertz CT molecular complexity index is 514. The molecular weight excluding hydrogens is 240 g/mol. The van der Waals surface area contributed by atoms with E-state index in [4.69, 9.17) is 0 Å². The zero-order valence-corrected chi connectivity index (χ0v) is 11.8. The monoisotopic (exact) mass is 258 g/mol. The maximum atomic E-state index is 4.53. The number of hydrogen-bond donors (Lipinski definition) is 0. The molecule has 0 saturated carbocycles. The van der Waals surface area contributed by atoms with Crippen LogP contribution in [0.2, 0.25) is 0 Å². The van der Waals surface area contributed by atoms with E-state index in [1.165, 1.54) is 5.56 Å². The van der Waals surface area contributed by atoms with Gasteiger partial charge in [-0.05, 0) is 17.6 Å². The molecule has 2 aromatic rings. The fourth-order valence-electron chi connectivity index (χ4n) is 1.67. The normalized spacial score (nSPS) is 12.8. The molecule has 0 aliphatic carbocycles. The Morgan fingerprint density at radius 2 is 1.94 bits per heavy atom. The Labute approximate surface area is 113 Å². The minimum Gasteiger partial charge on any atom is -0.354 e. The number of thiazole rings is 1. The molecule has 3 heteroatoms. The number of allylic oxidation sites excluding steroid dienone is 1. The molecule has 1 unspecified atom stereocenters. The summed E-state index contributed by atoms with van der Waals surface area (Å²) in [5, 5.41) is 3.13. The summed E-state index contributed by atoms with van der Waals surface area (Å²) in [5.74, 6) is 0.413. The van der Waals surface area contributed by atoms with Crippen molar-refractivity contribution in [2.45, 2.75) is 12.8 Å². The van der Waals surface area contributed by atoms with Gasteiger partial charge in [0, 0.05) is 19.5 Å². The number of rotatable bonds is 4. The van der Waals surface area contributed by atoms with Crippen LogP contribution in [0.4, 0.5) is 5.13 Å². The standard InChI is InChI=1S/C15H18N2S/c1-12(13-7-5-4-6-8-13)9-10-14-11-18-15(16-14)17(2)3/h4-12H,1-3H3/b10-9+. The van der Waals surface area contributed by atoms with Crippen LogP contribution in [0.15, 0.2) is 41.8 Å². The number of aromatic nitrogens is 1. The third-order valence-corrected chi connectivity index (χ3v) is 3.80. The predicted molar refractivity (Wildman–Crippen MR) is 80.3 cm³/mol. The number of benzene rings is 1. The number of nitrogens with zero attached hydrogens (tertiary/aromatic N) is 2. The second kappa shape index (κ2) is 5.83. The largest absolute Gasteiger partial charge is 0.354 e. The van der Waals surface area contributed by atoms with E-state index in [0.29, 0.717) is 5.92 Å². The quantitative estimate of drug-likeness (QED) is 0.823. The van der Waals surface area contributed by atoms with E-state index in [0.717, 1.165) is 10.8 Å². The van der Waals surface area contributed by atoms with Crippen LogP contribution in [0.25, 0.3) is 6.08 Å². The van der Waals surface area contributed by atoms with Crippen molar-refractivity contribution in [2.75, 3.05) is 19.0 Å².